The maximum Gasteiger partial charge on any atom is 0.0893 e. The van der Waals surface area contributed by atoms with Gasteiger partial charge in [0.25, 0.3) is 0 Å². The lowest BCUT2D eigenvalue weighted by Crippen LogP contribution is -1.93. The Kier molecular flexibility index (Phi) is 4.54. The molecule has 2 aromatic rings. The molecule has 0 atom stereocenters. The van der Waals surface area contributed by atoms with Gasteiger partial charge in [-0.15, -0.1) is 0 Å². The van der Waals surface area contributed by atoms with Gasteiger partial charge in [0, 0.05) is 27.4 Å². The van der Waals surface area contributed by atoms with Crippen LogP contribution in [0.3, 0.4) is 0 Å². The Labute approximate surface area is 130 Å². The number of rotatable bonds is 2. The lowest BCUT2D eigenvalue weighted by atomic mass is 10.1. The van der Waals surface area contributed by atoms with E-state index in [0.717, 1.165) is 0 Å². The molecule has 0 saturated carbocycles. The first kappa shape index (κ1) is 14.4. The van der Waals surface area contributed by atoms with Gasteiger partial charge in [0.15, 0.2) is 0 Å². The largest absolute Gasteiger partial charge is 0.253 e. The monoisotopic (exact) mass is 330 g/mol. The molecule has 1 aromatic carbocycles. The van der Waals surface area contributed by atoms with Gasteiger partial charge in [0.05, 0.1) is 28.2 Å². The number of halogens is 4. The summed E-state index contributed by atoms with van der Waals surface area (Å²) in [5, 5.41) is 10.5. The van der Waals surface area contributed by atoms with Crippen LogP contribution in [0, 0.1) is 11.3 Å². The molecule has 6 heteroatoms. The Morgan fingerprint density at radius 2 is 1.68 bits per heavy atom. The van der Waals surface area contributed by atoms with Crippen LogP contribution in [-0.2, 0) is 6.42 Å². The molecular formula is C13H6Cl4N2. The minimum absolute atomic E-state index is 0.113. The van der Waals surface area contributed by atoms with Crippen LogP contribution < -0.4 is 0 Å². The molecule has 0 saturated heterocycles. The zero-order valence-corrected chi connectivity index (χ0v) is 12.4. The van der Waals surface area contributed by atoms with E-state index in [2.05, 4.69) is 4.98 Å². The number of aromatic nitrogens is 1. The molecule has 1 aromatic heterocycles. The second-order valence-electron chi connectivity index (χ2n) is 3.74. The summed E-state index contributed by atoms with van der Waals surface area (Å²) in [6.45, 7) is 0. The molecule has 0 fully saturated rings. The molecule has 2 rings (SSSR count). The third-order valence-corrected chi connectivity index (χ3v) is 3.63. The highest BCUT2D eigenvalue weighted by Gasteiger charge is 2.14. The highest BCUT2D eigenvalue weighted by molar-refractivity contribution is 6.38. The molecule has 0 aliphatic heterocycles. The van der Waals surface area contributed by atoms with Crippen LogP contribution in [0.1, 0.15) is 5.56 Å². The van der Waals surface area contributed by atoms with Gasteiger partial charge in [-0.1, -0.05) is 46.4 Å². The SMILES string of the molecule is N#CCc1c(Cl)cnc(-c2cc(Cl)cc(Cl)c2)c1Cl. The molecule has 96 valence electrons. The molecule has 19 heavy (non-hydrogen) atoms. The lowest BCUT2D eigenvalue weighted by molar-refractivity contribution is 1.21. The van der Waals surface area contributed by atoms with E-state index in [1.54, 1.807) is 18.2 Å². The summed E-state index contributed by atoms with van der Waals surface area (Å²) in [6.07, 6.45) is 1.58. The van der Waals surface area contributed by atoms with Crippen LogP contribution >= 0.6 is 46.4 Å². The van der Waals surface area contributed by atoms with Gasteiger partial charge in [0.1, 0.15) is 0 Å². The van der Waals surface area contributed by atoms with Gasteiger partial charge < -0.3 is 0 Å². The van der Waals surface area contributed by atoms with Crippen LogP contribution in [0.15, 0.2) is 24.4 Å². The summed E-state index contributed by atoms with van der Waals surface area (Å²) >= 11 is 24.1. The van der Waals surface area contributed by atoms with Gasteiger partial charge >= 0.3 is 0 Å². The summed E-state index contributed by atoms with van der Waals surface area (Å²) < 4.78 is 0. The minimum Gasteiger partial charge on any atom is -0.253 e. The average Bonchev–Trinajstić information content (AvgIpc) is 2.33. The smallest absolute Gasteiger partial charge is 0.0893 e. The third kappa shape index (κ3) is 3.13. The number of nitrogens with zero attached hydrogens (tertiary/aromatic N) is 2. The second kappa shape index (κ2) is 5.98. The number of pyridine rings is 1. The fourth-order valence-electron chi connectivity index (χ4n) is 1.64. The highest BCUT2D eigenvalue weighted by Crippen LogP contribution is 2.35. The number of hydrogen-bond acceptors (Lipinski definition) is 2. The molecule has 1 heterocycles. The molecule has 0 bridgehead atoms. The predicted octanol–water partition coefficient (Wildman–Crippen LogP) is 5.43. The number of hydrogen-bond donors (Lipinski definition) is 0. The van der Waals surface area contributed by atoms with Crippen molar-refractivity contribution in [2.24, 2.45) is 0 Å². The Morgan fingerprint density at radius 1 is 1.05 bits per heavy atom. The first-order valence-electron chi connectivity index (χ1n) is 5.19. The third-order valence-electron chi connectivity index (χ3n) is 2.46. The Hall–Kier alpha value is -0.980. The lowest BCUT2D eigenvalue weighted by Gasteiger charge is -2.09. The van der Waals surface area contributed by atoms with Gasteiger partial charge in [0.2, 0.25) is 0 Å². The van der Waals surface area contributed by atoms with Gasteiger partial charge in [-0.05, 0) is 18.2 Å². The predicted molar refractivity (Wildman–Crippen MR) is 79.0 cm³/mol. The first-order chi connectivity index (χ1) is 9.02. The van der Waals surface area contributed by atoms with E-state index in [9.17, 15) is 0 Å². The van der Waals surface area contributed by atoms with Crippen molar-refractivity contribution >= 4 is 46.4 Å². The van der Waals surface area contributed by atoms with Gasteiger partial charge in [-0.25, -0.2) is 0 Å². The Morgan fingerprint density at radius 3 is 2.26 bits per heavy atom. The summed E-state index contributed by atoms with van der Waals surface area (Å²) in [6, 6.07) is 7.04. The second-order valence-corrected chi connectivity index (χ2v) is 5.40. The number of benzene rings is 1. The zero-order valence-electron chi connectivity index (χ0n) is 9.42. The van der Waals surface area contributed by atoms with Crippen LogP contribution in [-0.4, -0.2) is 4.98 Å². The van der Waals surface area contributed by atoms with E-state index in [-0.39, 0.29) is 6.42 Å². The van der Waals surface area contributed by atoms with E-state index in [1.165, 1.54) is 6.20 Å². The van der Waals surface area contributed by atoms with Gasteiger partial charge in [-0.3, -0.25) is 4.98 Å². The van der Waals surface area contributed by atoms with E-state index < -0.39 is 0 Å². The minimum atomic E-state index is 0.113. The highest BCUT2D eigenvalue weighted by atomic mass is 35.5. The van der Waals surface area contributed by atoms with Crippen LogP contribution in [0.5, 0.6) is 0 Å². The topological polar surface area (TPSA) is 36.7 Å². The molecule has 0 radical (unpaired) electrons. The van der Waals surface area contributed by atoms with Crippen molar-refractivity contribution in [1.29, 1.82) is 5.26 Å². The molecule has 0 N–H and O–H groups in total. The number of nitriles is 1. The summed E-state index contributed by atoms with van der Waals surface area (Å²) in [4.78, 5) is 4.18. The van der Waals surface area contributed by atoms with Gasteiger partial charge in [-0.2, -0.15) is 5.26 Å². The Balaban J connectivity index is 2.63. The Bertz CT molecular complexity index is 657. The fourth-order valence-corrected chi connectivity index (χ4v) is 2.75. The van der Waals surface area contributed by atoms with E-state index >= 15 is 0 Å². The van der Waals surface area contributed by atoms with Crippen molar-refractivity contribution in [3.63, 3.8) is 0 Å². The van der Waals surface area contributed by atoms with Crippen LogP contribution in [0.4, 0.5) is 0 Å². The van der Waals surface area contributed by atoms with Crippen molar-refractivity contribution in [1.82, 2.24) is 4.98 Å². The molecule has 0 spiro atoms. The van der Waals surface area contributed by atoms with E-state index in [1.807, 2.05) is 6.07 Å². The summed E-state index contributed by atoms with van der Waals surface area (Å²) in [5.41, 5.74) is 1.73. The molecule has 0 aliphatic rings. The first-order valence-corrected chi connectivity index (χ1v) is 6.70. The van der Waals surface area contributed by atoms with Crippen molar-refractivity contribution < 1.29 is 0 Å². The van der Waals surface area contributed by atoms with E-state index in [4.69, 9.17) is 51.7 Å². The molecule has 2 nitrogen and oxygen atoms in total. The average molecular weight is 332 g/mol. The summed E-state index contributed by atoms with van der Waals surface area (Å²) in [7, 11) is 0. The van der Waals surface area contributed by atoms with Crippen LogP contribution in [0.25, 0.3) is 11.3 Å². The molecule has 0 unspecified atom stereocenters. The van der Waals surface area contributed by atoms with Crippen molar-refractivity contribution in [3.05, 3.63) is 50.0 Å². The molecule has 0 aliphatic carbocycles. The quantitative estimate of drug-likeness (QED) is 0.735. The van der Waals surface area contributed by atoms with Crippen LogP contribution in [0.2, 0.25) is 20.1 Å². The molecule has 0 amide bonds. The maximum absolute atomic E-state index is 8.79. The van der Waals surface area contributed by atoms with Crippen molar-refractivity contribution in [2.45, 2.75) is 6.42 Å². The van der Waals surface area contributed by atoms with E-state index in [0.29, 0.717) is 36.9 Å². The standard InChI is InChI=1S/C13H6Cl4N2/c14-8-3-7(4-9(15)5-8)13-12(17)10(1-2-18)11(16)6-19-13/h3-6H,1H2. The maximum atomic E-state index is 8.79. The normalized spacial score (nSPS) is 10.3. The molecular weight excluding hydrogens is 326 g/mol. The summed E-state index contributed by atoms with van der Waals surface area (Å²) in [5.74, 6) is 0. The van der Waals surface area contributed by atoms with Crippen molar-refractivity contribution in [3.8, 4) is 17.3 Å². The fraction of sp³-hybridized carbons (Fsp3) is 0.0769. The zero-order chi connectivity index (χ0) is 14.0. The van der Waals surface area contributed by atoms with Crippen molar-refractivity contribution in [2.75, 3.05) is 0 Å².